The van der Waals surface area contributed by atoms with E-state index in [0.717, 1.165) is 64.1 Å². The van der Waals surface area contributed by atoms with E-state index in [1.54, 1.807) is 23.4 Å². The highest BCUT2D eigenvalue weighted by atomic mass is 35.5. The molecule has 4 rings (SSSR count). The first-order chi connectivity index (χ1) is 14.6. The Balaban J connectivity index is 1.47. The zero-order valence-electron chi connectivity index (χ0n) is 17.4. The van der Waals surface area contributed by atoms with Gasteiger partial charge in [0.25, 0.3) is 0 Å². The minimum Gasteiger partial charge on any atom is -0.380 e. The number of aromatic nitrogens is 1. The fourth-order valence-electron chi connectivity index (χ4n) is 4.90. The molecule has 2 amide bonds. The normalized spacial score (nSPS) is 22.0. The SMILES string of the molecule is O=C(NC1CCCCC1)C(c1cccnc1)N(CCN1CC2(COC2)C1)C(=O)CCl. The van der Waals surface area contributed by atoms with Crippen LogP contribution in [-0.4, -0.2) is 77.9 Å². The monoisotopic (exact) mass is 434 g/mol. The van der Waals surface area contributed by atoms with E-state index in [2.05, 4.69) is 15.2 Å². The van der Waals surface area contributed by atoms with Gasteiger partial charge in [-0.25, -0.2) is 0 Å². The van der Waals surface area contributed by atoms with E-state index in [1.165, 1.54) is 6.42 Å². The van der Waals surface area contributed by atoms with Gasteiger partial charge in [0.15, 0.2) is 0 Å². The summed E-state index contributed by atoms with van der Waals surface area (Å²) in [6.07, 6.45) is 8.81. The van der Waals surface area contributed by atoms with E-state index >= 15 is 0 Å². The van der Waals surface area contributed by atoms with Gasteiger partial charge >= 0.3 is 0 Å². The van der Waals surface area contributed by atoms with Crippen LogP contribution >= 0.6 is 11.6 Å². The van der Waals surface area contributed by atoms with Crippen LogP contribution in [0.15, 0.2) is 24.5 Å². The number of amides is 2. The van der Waals surface area contributed by atoms with E-state index in [1.807, 2.05) is 6.07 Å². The lowest BCUT2D eigenvalue weighted by Crippen LogP contribution is -2.66. The largest absolute Gasteiger partial charge is 0.380 e. The molecule has 2 aliphatic heterocycles. The number of ether oxygens (including phenoxy) is 1. The minimum absolute atomic E-state index is 0.138. The van der Waals surface area contributed by atoms with Crippen LogP contribution in [0.5, 0.6) is 0 Å². The number of likely N-dealkylation sites (tertiary alicyclic amines) is 1. The Hall–Kier alpha value is -1.70. The first kappa shape index (κ1) is 21.5. The molecule has 1 saturated carbocycles. The number of hydrogen-bond donors (Lipinski definition) is 1. The summed E-state index contributed by atoms with van der Waals surface area (Å²) in [7, 11) is 0. The van der Waals surface area contributed by atoms with Gasteiger partial charge in [0.2, 0.25) is 11.8 Å². The third-order valence-corrected chi connectivity index (χ3v) is 6.77. The van der Waals surface area contributed by atoms with Crippen LogP contribution < -0.4 is 5.32 Å². The highest BCUT2D eigenvalue weighted by Crippen LogP contribution is 2.37. The number of rotatable bonds is 8. The number of pyridine rings is 1. The molecule has 7 nitrogen and oxygen atoms in total. The Kier molecular flexibility index (Phi) is 6.91. The highest BCUT2D eigenvalue weighted by Gasteiger charge is 2.48. The molecule has 2 saturated heterocycles. The maximum atomic E-state index is 13.4. The quantitative estimate of drug-likeness (QED) is 0.633. The fourth-order valence-corrected chi connectivity index (χ4v) is 5.05. The molecule has 0 bridgehead atoms. The van der Waals surface area contributed by atoms with E-state index in [9.17, 15) is 9.59 Å². The van der Waals surface area contributed by atoms with Gasteiger partial charge in [-0.3, -0.25) is 14.6 Å². The van der Waals surface area contributed by atoms with Crippen LogP contribution in [0.4, 0.5) is 0 Å². The lowest BCUT2D eigenvalue weighted by Gasteiger charge is -2.55. The maximum Gasteiger partial charge on any atom is 0.247 e. The summed E-state index contributed by atoms with van der Waals surface area (Å²) in [4.78, 5) is 34.3. The Morgan fingerprint density at radius 3 is 2.67 bits per heavy atom. The lowest BCUT2D eigenvalue weighted by atomic mass is 9.78. The molecule has 1 N–H and O–H groups in total. The second-order valence-corrected chi connectivity index (χ2v) is 9.22. The van der Waals surface area contributed by atoms with Gasteiger partial charge in [-0.05, 0) is 18.9 Å². The summed E-state index contributed by atoms with van der Waals surface area (Å²) >= 11 is 5.95. The summed E-state index contributed by atoms with van der Waals surface area (Å²) in [5.74, 6) is -0.516. The van der Waals surface area contributed by atoms with Crippen LogP contribution in [0.3, 0.4) is 0 Å². The van der Waals surface area contributed by atoms with Crippen LogP contribution in [0.2, 0.25) is 0 Å². The average Bonchev–Trinajstić information content (AvgIpc) is 2.71. The van der Waals surface area contributed by atoms with Crippen molar-refractivity contribution in [1.29, 1.82) is 0 Å². The fraction of sp³-hybridized carbons (Fsp3) is 0.682. The van der Waals surface area contributed by atoms with Gasteiger partial charge in [-0.15, -0.1) is 11.6 Å². The summed E-state index contributed by atoms with van der Waals surface area (Å²) in [5.41, 5.74) is 1.04. The number of nitrogens with zero attached hydrogens (tertiary/aromatic N) is 3. The van der Waals surface area contributed by atoms with E-state index in [0.29, 0.717) is 12.0 Å². The standard InChI is InChI=1S/C22H31ClN4O3/c23-11-19(28)27(10-9-26-13-22(14-26)15-30-16-22)20(17-5-4-8-24-12-17)21(29)25-18-6-2-1-3-7-18/h4-5,8,12,18,20H,1-3,6-7,9-11,13-16H2,(H,25,29). The molecule has 164 valence electrons. The van der Waals surface area contributed by atoms with Crippen molar-refractivity contribution in [3.8, 4) is 0 Å². The van der Waals surface area contributed by atoms with Crippen molar-refractivity contribution in [2.24, 2.45) is 5.41 Å². The van der Waals surface area contributed by atoms with Crippen molar-refractivity contribution >= 4 is 23.4 Å². The number of carbonyl (C=O) groups is 2. The molecule has 1 atom stereocenters. The molecular weight excluding hydrogens is 404 g/mol. The third kappa shape index (κ3) is 4.79. The maximum absolute atomic E-state index is 13.4. The Labute approximate surface area is 183 Å². The molecule has 1 unspecified atom stereocenters. The van der Waals surface area contributed by atoms with Gasteiger partial charge < -0.3 is 19.9 Å². The summed E-state index contributed by atoms with van der Waals surface area (Å²) in [5, 5.41) is 3.19. The Bertz CT molecular complexity index is 729. The second kappa shape index (κ2) is 9.62. The molecule has 1 aromatic rings. The van der Waals surface area contributed by atoms with Gasteiger partial charge in [0.05, 0.1) is 13.2 Å². The summed E-state index contributed by atoms with van der Waals surface area (Å²) in [6.45, 7) is 4.81. The van der Waals surface area contributed by atoms with Crippen molar-refractivity contribution in [2.75, 3.05) is 45.3 Å². The summed E-state index contributed by atoms with van der Waals surface area (Å²) in [6, 6.07) is 3.12. The smallest absolute Gasteiger partial charge is 0.247 e. The summed E-state index contributed by atoms with van der Waals surface area (Å²) < 4.78 is 5.34. The van der Waals surface area contributed by atoms with Gasteiger partial charge in [0.1, 0.15) is 11.9 Å². The number of alkyl halides is 1. The Morgan fingerprint density at radius 1 is 1.30 bits per heavy atom. The molecule has 0 aromatic carbocycles. The van der Waals surface area contributed by atoms with Gasteiger partial charge in [-0.1, -0.05) is 25.3 Å². The molecular formula is C22H31ClN4O3. The molecule has 1 aromatic heterocycles. The third-order valence-electron chi connectivity index (χ3n) is 6.54. The van der Waals surface area contributed by atoms with Crippen molar-refractivity contribution in [1.82, 2.24) is 20.1 Å². The predicted molar refractivity (Wildman–Crippen MR) is 114 cm³/mol. The van der Waals surface area contributed by atoms with Gasteiger partial charge in [-0.2, -0.15) is 0 Å². The molecule has 3 aliphatic rings. The molecule has 3 heterocycles. The van der Waals surface area contributed by atoms with E-state index in [4.69, 9.17) is 16.3 Å². The lowest BCUT2D eigenvalue weighted by molar-refractivity contribution is -0.189. The minimum atomic E-state index is -0.714. The highest BCUT2D eigenvalue weighted by molar-refractivity contribution is 6.27. The van der Waals surface area contributed by atoms with Crippen LogP contribution in [0.1, 0.15) is 43.7 Å². The van der Waals surface area contributed by atoms with E-state index < -0.39 is 6.04 Å². The second-order valence-electron chi connectivity index (χ2n) is 8.96. The average molecular weight is 435 g/mol. The molecule has 0 radical (unpaired) electrons. The predicted octanol–water partition coefficient (Wildman–Crippen LogP) is 1.97. The van der Waals surface area contributed by atoms with Crippen LogP contribution in [0, 0.1) is 5.41 Å². The molecule has 1 aliphatic carbocycles. The van der Waals surface area contributed by atoms with Crippen LogP contribution in [-0.2, 0) is 14.3 Å². The van der Waals surface area contributed by atoms with Crippen LogP contribution in [0.25, 0.3) is 0 Å². The first-order valence-corrected chi connectivity index (χ1v) is 11.5. The molecule has 3 fully saturated rings. The molecule has 1 spiro atoms. The molecule has 8 heteroatoms. The topological polar surface area (TPSA) is 74.8 Å². The number of nitrogens with one attached hydrogen (secondary N) is 1. The van der Waals surface area contributed by atoms with Crippen molar-refractivity contribution in [2.45, 2.75) is 44.2 Å². The molecule has 30 heavy (non-hydrogen) atoms. The van der Waals surface area contributed by atoms with E-state index in [-0.39, 0.29) is 23.7 Å². The zero-order chi connectivity index (χ0) is 21.0. The van der Waals surface area contributed by atoms with Gasteiger partial charge in [0, 0.05) is 55.6 Å². The number of carbonyl (C=O) groups excluding carboxylic acids is 2. The first-order valence-electron chi connectivity index (χ1n) is 11.0. The van der Waals surface area contributed by atoms with Crippen molar-refractivity contribution in [3.05, 3.63) is 30.1 Å². The van der Waals surface area contributed by atoms with Crippen molar-refractivity contribution < 1.29 is 14.3 Å². The number of halogens is 1. The van der Waals surface area contributed by atoms with Crippen molar-refractivity contribution in [3.63, 3.8) is 0 Å². The number of hydrogen-bond acceptors (Lipinski definition) is 5. The zero-order valence-corrected chi connectivity index (χ0v) is 18.1. The Morgan fingerprint density at radius 2 is 2.07 bits per heavy atom.